The number of benzene rings is 1. The summed E-state index contributed by atoms with van der Waals surface area (Å²) in [5.74, 6) is -0.285. The van der Waals surface area contributed by atoms with E-state index >= 15 is 0 Å². The molecular formula is C13H16FIN2O. The van der Waals surface area contributed by atoms with E-state index in [4.69, 9.17) is 0 Å². The van der Waals surface area contributed by atoms with E-state index in [-0.39, 0.29) is 11.8 Å². The number of nitrogens with one attached hydrogen (secondary N) is 1. The van der Waals surface area contributed by atoms with Crippen LogP contribution < -0.4 is 5.32 Å². The second kappa shape index (κ2) is 6.36. The van der Waals surface area contributed by atoms with Gasteiger partial charge in [0.2, 0.25) is 0 Å². The number of nitrogens with zero attached hydrogens (tertiary/aromatic N) is 1. The molecule has 0 unspecified atom stereocenters. The summed E-state index contributed by atoms with van der Waals surface area (Å²) in [7, 11) is 0. The van der Waals surface area contributed by atoms with Crippen LogP contribution in [-0.2, 0) is 0 Å². The fraction of sp³-hybridized carbons (Fsp3) is 0.462. The molecule has 1 aromatic carbocycles. The van der Waals surface area contributed by atoms with Crippen molar-refractivity contribution in [3.8, 4) is 0 Å². The molecule has 2 amide bonds. The lowest BCUT2D eigenvalue weighted by atomic mass is 10.2. The predicted molar refractivity (Wildman–Crippen MR) is 78.2 cm³/mol. The maximum atomic E-state index is 13.0. The molecule has 0 aliphatic carbocycles. The highest BCUT2D eigenvalue weighted by Gasteiger charge is 2.16. The van der Waals surface area contributed by atoms with Crippen LogP contribution in [0.3, 0.4) is 0 Å². The Morgan fingerprint density at radius 1 is 1.22 bits per heavy atom. The second-order valence-corrected chi connectivity index (χ2v) is 5.62. The van der Waals surface area contributed by atoms with Crippen molar-refractivity contribution in [1.82, 2.24) is 4.90 Å². The highest BCUT2D eigenvalue weighted by Crippen LogP contribution is 2.20. The van der Waals surface area contributed by atoms with Gasteiger partial charge >= 0.3 is 6.03 Å². The standard InChI is InChI=1S/C13H16FIN2O/c14-10-5-6-12(11(15)9-10)16-13(18)17-7-3-1-2-4-8-17/h5-6,9H,1-4,7-8H2,(H,16,18). The second-order valence-electron chi connectivity index (χ2n) is 4.46. The van der Waals surface area contributed by atoms with Crippen LogP contribution in [0.4, 0.5) is 14.9 Å². The Bertz CT molecular complexity index is 431. The van der Waals surface area contributed by atoms with Gasteiger partial charge in [0, 0.05) is 16.7 Å². The number of halogens is 2. The first kappa shape index (κ1) is 13.6. The van der Waals surface area contributed by atoms with Crippen molar-refractivity contribution in [2.24, 2.45) is 0 Å². The van der Waals surface area contributed by atoms with Gasteiger partial charge < -0.3 is 10.2 Å². The molecule has 1 N–H and O–H groups in total. The van der Waals surface area contributed by atoms with Crippen molar-refractivity contribution in [2.45, 2.75) is 25.7 Å². The van der Waals surface area contributed by atoms with Crippen LogP contribution in [0.2, 0.25) is 0 Å². The minimum atomic E-state index is -0.285. The number of carbonyl (C=O) groups excluding carboxylic acids is 1. The maximum Gasteiger partial charge on any atom is 0.321 e. The molecule has 1 aliphatic rings. The number of urea groups is 1. The van der Waals surface area contributed by atoms with Crippen molar-refractivity contribution < 1.29 is 9.18 Å². The zero-order valence-corrected chi connectivity index (χ0v) is 12.2. The molecule has 1 saturated heterocycles. The number of likely N-dealkylation sites (tertiary alicyclic amines) is 1. The summed E-state index contributed by atoms with van der Waals surface area (Å²) >= 11 is 2.02. The highest BCUT2D eigenvalue weighted by atomic mass is 127. The number of hydrogen-bond acceptors (Lipinski definition) is 1. The third-order valence-electron chi connectivity index (χ3n) is 3.07. The van der Waals surface area contributed by atoms with Crippen molar-refractivity contribution in [3.05, 3.63) is 27.6 Å². The van der Waals surface area contributed by atoms with Crippen LogP contribution in [-0.4, -0.2) is 24.0 Å². The van der Waals surface area contributed by atoms with E-state index in [0.717, 1.165) is 29.5 Å². The third kappa shape index (κ3) is 3.57. The van der Waals surface area contributed by atoms with Crippen molar-refractivity contribution in [1.29, 1.82) is 0 Å². The van der Waals surface area contributed by atoms with Gasteiger partial charge in [-0.25, -0.2) is 9.18 Å². The van der Waals surface area contributed by atoms with Crippen molar-refractivity contribution in [3.63, 3.8) is 0 Å². The first-order valence-electron chi connectivity index (χ1n) is 6.18. The fourth-order valence-electron chi connectivity index (χ4n) is 2.06. The number of carbonyl (C=O) groups is 1. The molecule has 0 bridgehead atoms. The molecule has 1 aliphatic heterocycles. The van der Waals surface area contributed by atoms with E-state index in [1.165, 1.54) is 25.0 Å². The lowest BCUT2D eigenvalue weighted by molar-refractivity contribution is 0.213. The van der Waals surface area contributed by atoms with E-state index in [9.17, 15) is 9.18 Å². The predicted octanol–water partition coefficient (Wildman–Crippen LogP) is 3.84. The van der Waals surface area contributed by atoms with Gasteiger partial charge in [0.05, 0.1) is 5.69 Å². The number of hydrogen-bond donors (Lipinski definition) is 1. The van der Waals surface area contributed by atoms with E-state index < -0.39 is 0 Å². The normalized spacial score (nSPS) is 16.2. The van der Waals surface area contributed by atoms with E-state index in [2.05, 4.69) is 5.32 Å². The molecule has 5 heteroatoms. The molecule has 0 radical (unpaired) electrons. The monoisotopic (exact) mass is 362 g/mol. The molecule has 3 nitrogen and oxygen atoms in total. The molecule has 18 heavy (non-hydrogen) atoms. The molecule has 1 aromatic rings. The zero-order valence-electron chi connectivity index (χ0n) is 10.1. The summed E-state index contributed by atoms with van der Waals surface area (Å²) in [6.07, 6.45) is 4.51. The summed E-state index contributed by atoms with van der Waals surface area (Å²) in [4.78, 5) is 13.9. The highest BCUT2D eigenvalue weighted by molar-refractivity contribution is 14.1. The SMILES string of the molecule is O=C(Nc1ccc(F)cc1I)N1CCCCCC1. The summed E-state index contributed by atoms with van der Waals surface area (Å²) in [5, 5.41) is 2.85. The Balaban J connectivity index is 2.01. The maximum absolute atomic E-state index is 13.0. The number of rotatable bonds is 1. The minimum absolute atomic E-state index is 0.0820. The van der Waals surface area contributed by atoms with Crippen molar-refractivity contribution in [2.75, 3.05) is 18.4 Å². The van der Waals surface area contributed by atoms with Gasteiger partial charge in [0.25, 0.3) is 0 Å². The van der Waals surface area contributed by atoms with E-state index in [1.54, 1.807) is 6.07 Å². The van der Waals surface area contributed by atoms with Gasteiger partial charge in [0.1, 0.15) is 5.82 Å². The summed E-state index contributed by atoms with van der Waals surface area (Å²) in [6, 6.07) is 4.30. The lowest BCUT2D eigenvalue weighted by Gasteiger charge is -2.21. The Morgan fingerprint density at radius 3 is 2.50 bits per heavy atom. The van der Waals surface area contributed by atoms with Gasteiger partial charge in [-0.1, -0.05) is 12.8 Å². The molecule has 98 valence electrons. The summed E-state index contributed by atoms with van der Waals surface area (Å²) in [6.45, 7) is 1.62. The topological polar surface area (TPSA) is 32.3 Å². The Morgan fingerprint density at radius 2 is 1.89 bits per heavy atom. The van der Waals surface area contributed by atoms with Gasteiger partial charge in [-0.15, -0.1) is 0 Å². The van der Waals surface area contributed by atoms with Crippen molar-refractivity contribution >= 4 is 34.3 Å². The lowest BCUT2D eigenvalue weighted by Crippen LogP contribution is -2.35. The molecule has 0 atom stereocenters. The van der Waals surface area contributed by atoms with E-state index in [0.29, 0.717) is 5.69 Å². The summed E-state index contributed by atoms with van der Waals surface area (Å²) < 4.78 is 13.7. The molecule has 0 spiro atoms. The molecule has 1 heterocycles. The first-order chi connectivity index (χ1) is 8.66. The number of amides is 2. The molecular weight excluding hydrogens is 346 g/mol. The first-order valence-corrected chi connectivity index (χ1v) is 7.25. The third-order valence-corrected chi connectivity index (χ3v) is 3.96. The van der Waals surface area contributed by atoms with Gasteiger partial charge in [-0.2, -0.15) is 0 Å². The molecule has 1 fully saturated rings. The molecule has 0 saturated carbocycles. The molecule has 0 aromatic heterocycles. The quantitative estimate of drug-likeness (QED) is 0.757. The largest absolute Gasteiger partial charge is 0.325 e. The average Bonchev–Trinajstić information content (AvgIpc) is 2.61. The Hall–Kier alpha value is -0.850. The van der Waals surface area contributed by atoms with Crippen LogP contribution in [0, 0.1) is 9.39 Å². The van der Waals surface area contributed by atoms with Crippen LogP contribution >= 0.6 is 22.6 Å². The van der Waals surface area contributed by atoms with Crippen LogP contribution in [0.15, 0.2) is 18.2 Å². The Labute approximate surface area is 120 Å². The number of anilines is 1. The van der Waals surface area contributed by atoms with Gasteiger partial charge in [0.15, 0.2) is 0 Å². The smallest absolute Gasteiger partial charge is 0.321 e. The van der Waals surface area contributed by atoms with Crippen LogP contribution in [0.1, 0.15) is 25.7 Å². The molecule has 2 rings (SSSR count). The van der Waals surface area contributed by atoms with E-state index in [1.807, 2.05) is 27.5 Å². The zero-order chi connectivity index (χ0) is 13.0. The fourth-order valence-corrected chi connectivity index (χ4v) is 2.67. The summed E-state index contributed by atoms with van der Waals surface area (Å²) in [5.41, 5.74) is 0.672. The van der Waals surface area contributed by atoms with Gasteiger partial charge in [-0.3, -0.25) is 0 Å². The van der Waals surface area contributed by atoms with Crippen LogP contribution in [0.25, 0.3) is 0 Å². The minimum Gasteiger partial charge on any atom is -0.325 e. The van der Waals surface area contributed by atoms with Crippen LogP contribution in [0.5, 0.6) is 0 Å². The van der Waals surface area contributed by atoms with Gasteiger partial charge in [-0.05, 0) is 53.6 Å². The Kier molecular flexibility index (Phi) is 4.79. The average molecular weight is 362 g/mol.